The van der Waals surface area contributed by atoms with Gasteiger partial charge in [-0.25, -0.2) is 4.98 Å². The van der Waals surface area contributed by atoms with Crippen molar-refractivity contribution in [2.45, 2.75) is 39.7 Å². The first-order chi connectivity index (χ1) is 10.9. The molecule has 4 nitrogen and oxygen atoms in total. The molecule has 1 atom stereocenters. The minimum atomic E-state index is 0.00658. The molecule has 1 heterocycles. The summed E-state index contributed by atoms with van der Waals surface area (Å²) in [5, 5.41) is 6.08. The molecular weight excluding hydrogens is 306 g/mol. The Kier molecular flexibility index (Phi) is 5.91. The first-order valence-electron chi connectivity index (χ1n) is 7.89. The molecule has 1 amide bonds. The fourth-order valence-corrected chi connectivity index (χ4v) is 3.27. The average molecular weight is 331 g/mol. The molecule has 2 aromatic rings. The number of carbonyl (C=O) groups is 1. The van der Waals surface area contributed by atoms with Crippen LogP contribution in [-0.2, 0) is 4.79 Å². The predicted octanol–water partition coefficient (Wildman–Crippen LogP) is 4.21. The van der Waals surface area contributed by atoms with Crippen molar-refractivity contribution in [2.75, 3.05) is 18.9 Å². The molecule has 5 heteroatoms. The first kappa shape index (κ1) is 17.6. The molecule has 0 bridgehead atoms. The van der Waals surface area contributed by atoms with Gasteiger partial charge in [-0.05, 0) is 37.9 Å². The van der Waals surface area contributed by atoms with Gasteiger partial charge in [0.15, 0.2) is 0 Å². The lowest BCUT2D eigenvalue weighted by molar-refractivity contribution is -0.117. The summed E-state index contributed by atoms with van der Waals surface area (Å²) in [5.74, 6) is 0.379. The smallest absolute Gasteiger partial charge is 0.238 e. The average Bonchev–Trinajstić information content (AvgIpc) is 3.02. The van der Waals surface area contributed by atoms with Crippen molar-refractivity contribution < 1.29 is 4.79 Å². The Morgan fingerprint density at radius 2 is 2.09 bits per heavy atom. The molecule has 23 heavy (non-hydrogen) atoms. The zero-order valence-corrected chi connectivity index (χ0v) is 15.3. The number of hydrogen-bond donors (Lipinski definition) is 1. The van der Waals surface area contributed by atoms with Gasteiger partial charge in [0.1, 0.15) is 5.01 Å². The van der Waals surface area contributed by atoms with Gasteiger partial charge in [0.2, 0.25) is 5.91 Å². The number of thiazole rings is 1. The van der Waals surface area contributed by atoms with Crippen molar-refractivity contribution in [1.82, 2.24) is 9.88 Å². The maximum atomic E-state index is 12.5. The molecule has 0 saturated carbocycles. The monoisotopic (exact) mass is 331 g/mol. The Balaban J connectivity index is 2.05. The second-order valence-corrected chi connectivity index (χ2v) is 7.13. The summed E-state index contributed by atoms with van der Waals surface area (Å²) in [6, 6.07) is 6.28. The van der Waals surface area contributed by atoms with Gasteiger partial charge >= 0.3 is 0 Å². The second-order valence-electron chi connectivity index (χ2n) is 6.20. The van der Waals surface area contributed by atoms with E-state index in [2.05, 4.69) is 37.1 Å². The fraction of sp³-hybridized carbons (Fsp3) is 0.444. The maximum Gasteiger partial charge on any atom is 0.238 e. The van der Waals surface area contributed by atoms with Crippen LogP contribution in [0.15, 0.2) is 29.8 Å². The van der Waals surface area contributed by atoms with E-state index in [0.717, 1.165) is 16.3 Å². The quantitative estimate of drug-likeness (QED) is 0.862. The SMILES string of the molecule is Cc1cccc(C(C)C)c1NC(=O)CN(C)[C@@H](C)c1nccs1. The molecular formula is C18H25N3OS. The predicted molar refractivity (Wildman–Crippen MR) is 97.1 cm³/mol. The maximum absolute atomic E-state index is 12.5. The van der Waals surface area contributed by atoms with Crippen LogP contribution in [0, 0.1) is 6.92 Å². The van der Waals surface area contributed by atoms with Crippen LogP contribution < -0.4 is 5.32 Å². The number of nitrogens with one attached hydrogen (secondary N) is 1. The zero-order valence-electron chi connectivity index (χ0n) is 14.5. The molecule has 0 fully saturated rings. The van der Waals surface area contributed by atoms with E-state index in [1.54, 1.807) is 17.5 Å². The number of aromatic nitrogens is 1. The van der Waals surface area contributed by atoms with Gasteiger partial charge in [0.25, 0.3) is 0 Å². The van der Waals surface area contributed by atoms with Crippen molar-refractivity contribution in [3.05, 3.63) is 45.9 Å². The van der Waals surface area contributed by atoms with E-state index < -0.39 is 0 Å². The van der Waals surface area contributed by atoms with E-state index in [0.29, 0.717) is 12.5 Å². The van der Waals surface area contributed by atoms with Gasteiger partial charge in [0, 0.05) is 17.3 Å². The number of anilines is 1. The van der Waals surface area contributed by atoms with E-state index in [1.165, 1.54) is 5.56 Å². The van der Waals surface area contributed by atoms with Crippen LogP contribution in [0.5, 0.6) is 0 Å². The number of nitrogens with zero attached hydrogens (tertiary/aromatic N) is 2. The Labute approximate surface area is 142 Å². The summed E-state index contributed by atoms with van der Waals surface area (Å²) in [5.41, 5.74) is 3.22. The molecule has 0 radical (unpaired) electrons. The van der Waals surface area contributed by atoms with Crippen LogP contribution >= 0.6 is 11.3 Å². The Hall–Kier alpha value is -1.72. The van der Waals surface area contributed by atoms with Crippen molar-refractivity contribution in [3.63, 3.8) is 0 Å². The van der Waals surface area contributed by atoms with Crippen LogP contribution in [-0.4, -0.2) is 29.4 Å². The molecule has 1 N–H and O–H groups in total. The van der Waals surface area contributed by atoms with E-state index >= 15 is 0 Å². The molecule has 0 spiro atoms. The van der Waals surface area contributed by atoms with Gasteiger partial charge in [0.05, 0.1) is 12.6 Å². The van der Waals surface area contributed by atoms with E-state index in [1.807, 2.05) is 36.4 Å². The second kappa shape index (κ2) is 7.70. The normalized spacial score (nSPS) is 12.7. The fourth-order valence-electron chi connectivity index (χ4n) is 2.51. The van der Waals surface area contributed by atoms with Crippen LogP contribution in [0.2, 0.25) is 0 Å². The molecule has 1 aromatic heterocycles. The van der Waals surface area contributed by atoms with Crippen molar-refractivity contribution in [3.8, 4) is 0 Å². The molecule has 0 saturated heterocycles. The molecule has 1 aromatic carbocycles. The molecule has 0 aliphatic rings. The number of rotatable bonds is 6. The summed E-state index contributed by atoms with van der Waals surface area (Å²) in [4.78, 5) is 18.8. The molecule has 0 unspecified atom stereocenters. The standard InChI is InChI=1S/C18H25N3OS/c1-12(2)15-8-6-7-13(3)17(15)20-16(22)11-21(5)14(4)18-19-9-10-23-18/h6-10,12,14H,11H2,1-5H3,(H,20,22)/t14-/m0/s1. The van der Waals surface area contributed by atoms with Gasteiger partial charge in [-0.1, -0.05) is 32.0 Å². The largest absolute Gasteiger partial charge is 0.324 e. The van der Waals surface area contributed by atoms with Crippen molar-refractivity contribution >= 4 is 22.9 Å². The van der Waals surface area contributed by atoms with Crippen LogP contribution in [0.3, 0.4) is 0 Å². The number of para-hydroxylation sites is 1. The number of carbonyl (C=O) groups excluding carboxylic acids is 1. The summed E-state index contributed by atoms with van der Waals surface area (Å²) >= 11 is 1.61. The van der Waals surface area contributed by atoms with E-state index in [9.17, 15) is 4.79 Å². The number of benzene rings is 1. The Morgan fingerprint density at radius 1 is 1.35 bits per heavy atom. The highest BCUT2D eigenvalue weighted by molar-refractivity contribution is 7.09. The lowest BCUT2D eigenvalue weighted by Gasteiger charge is -2.23. The highest BCUT2D eigenvalue weighted by Crippen LogP contribution is 2.27. The van der Waals surface area contributed by atoms with E-state index in [-0.39, 0.29) is 11.9 Å². The summed E-state index contributed by atoms with van der Waals surface area (Å²) in [6.45, 7) is 8.72. The van der Waals surface area contributed by atoms with Gasteiger partial charge in [-0.2, -0.15) is 0 Å². The summed E-state index contributed by atoms with van der Waals surface area (Å²) in [6.07, 6.45) is 1.80. The van der Waals surface area contributed by atoms with Gasteiger partial charge in [-0.3, -0.25) is 9.69 Å². The topological polar surface area (TPSA) is 45.2 Å². The Morgan fingerprint density at radius 3 is 2.70 bits per heavy atom. The lowest BCUT2D eigenvalue weighted by atomic mass is 9.98. The number of likely N-dealkylation sites (N-methyl/N-ethyl adjacent to an activating group) is 1. The number of aryl methyl sites for hydroxylation is 1. The van der Waals surface area contributed by atoms with E-state index in [4.69, 9.17) is 0 Å². The molecule has 0 aliphatic carbocycles. The van der Waals surface area contributed by atoms with Crippen LogP contribution in [0.25, 0.3) is 0 Å². The third-order valence-corrected chi connectivity index (χ3v) is 5.00. The Bertz CT molecular complexity index is 652. The van der Waals surface area contributed by atoms with Crippen molar-refractivity contribution in [1.29, 1.82) is 0 Å². The lowest BCUT2D eigenvalue weighted by Crippen LogP contribution is -2.32. The zero-order chi connectivity index (χ0) is 17.0. The molecule has 124 valence electrons. The number of amides is 1. The molecule has 2 rings (SSSR count). The van der Waals surface area contributed by atoms with Crippen LogP contribution in [0.1, 0.15) is 48.9 Å². The van der Waals surface area contributed by atoms with Gasteiger partial charge in [-0.15, -0.1) is 11.3 Å². The minimum Gasteiger partial charge on any atom is -0.324 e. The molecule has 0 aliphatic heterocycles. The number of hydrogen-bond acceptors (Lipinski definition) is 4. The highest BCUT2D eigenvalue weighted by atomic mass is 32.1. The summed E-state index contributed by atoms with van der Waals surface area (Å²) in [7, 11) is 1.95. The minimum absolute atomic E-state index is 0.00658. The summed E-state index contributed by atoms with van der Waals surface area (Å²) < 4.78 is 0. The first-order valence-corrected chi connectivity index (χ1v) is 8.77. The highest BCUT2D eigenvalue weighted by Gasteiger charge is 2.18. The van der Waals surface area contributed by atoms with Crippen LogP contribution in [0.4, 0.5) is 5.69 Å². The van der Waals surface area contributed by atoms with Crippen molar-refractivity contribution in [2.24, 2.45) is 0 Å². The third kappa shape index (κ3) is 4.39. The van der Waals surface area contributed by atoms with Gasteiger partial charge < -0.3 is 5.32 Å². The third-order valence-electron chi connectivity index (χ3n) is 4.05.